The molecule has 0 aliphatic rings. The molecule has 1 N–H and O–H groups in total. The lowest BCUT2D eigenvalue weighted by Crippen LogP contribution is -2.14. The van der Waals surface area contributed by atoms with Crippen LogP contribution >= 0.6 is 0 Å². The van der Waals surface area contributed by atoms with Crippen molar-refractivity contribution >= 4 is 0 Å². The van der Waals surface area contributed by atoms with Crippen molar-refractivity contribution in [3.8, 4) is 11.5 Å². The predicted octanol–water partition coefficient (Wildman–Crippen LogP) is 4.52. The van der Waals surface area contributed by atoms with Crippen LogP contribution in [0.25, 0.3) is 0 Å². The van der Waals surface area contributed by atoms with Gasteiger partial charge in [0.25, 0.3) is 0 Å². The Kier molecular flexibility index (Phi) is 4.40. The van der Waals surface area contributed by atoms with Crippen molar-refractivity contribution in [3.05, 3.63) is 58.9 Å². The molecule has 0 saturated heterocycles. The number of hydrogen-bond donors (Lipinski definition) is 1. The average molecular weight is 273 g/mol. The molecule has 0 heterocycles. The van der Waals surface area contributed by atoms with Gasteiger partial charge in [0, 0.05) is 11.6 Å². The Labute approximate surface area is 119 Å². The molecule has 2 aromatic carbocycles. The fourth-order valence-electron chi connectivity index (χ4n) is 2.04. The molecular weight excluding hydrogens is 253 g/mol. The summed E-state index contributed by atoms with van der Waals surface area (Å²) in [5, 5.41) is 3.12. The van der Waals surface area contributed by atoms with Gasteiger partial charge in [0.05, 0.1) is 0 Å². The number of ether oxygens (including phenoxy) is 1. The molecule has 3 heteroatoms. The van der Waals surface area contributed by atoms with Gasteiger partial charge in [-0.15, -0.1) is 0 Å². The minimum atomic E-state index is -0.209. The maximum atomic E-state index is 13.8. The van der Waals surface area contributed by atoms with E-state index in [9.17, 15) is 4.39 Å². The van der Waals surface area contributed by atoms with Crippen molar-refractivity contribution in [3.63, 3.8) is 0 Å². The lowest BCUT2D eigenvalue weighted by Gasteiger charge is -2.18. The molecule has 0 aliphatic carbocycles. The second kappa shape index (κ2) is 6.06. The number of aryl methyl sites for hydroxylation is 2. The summed E-state index contributed by atoms with van der Waals surface area (Å²) >= 11 is 0. The number of para-hydroxylation sites is 1. The molecule has 0 saturated carbocycles. The van der Waals surface area contributed by atoms with Crippen LogP contribution in [0.15, 0.2) is 36.4 Å². The van der Waals surface area contributed by atoms with Gasteiger partial charge in [0.1, 0.15) is 17.3 Å². The molecule has 2 aromatic rings. The maximum absolute atomic E-state index is 13.8. The standard InChI is InChI=1S/C17H20FNO/c1-11-7-5-6-8-16(11)20-17-9-12(2)15(18)10-14(17)13(3)19-4/h5-10,13,19H,1-4H3. The average Bonchev–Trinajstić information content (AvgIpc) is 2.44. The first kappa shape index (κ1) is 14.5. The molecule has 1 unspecified atom stereocenters. The normalized spacial score (nSPS) is 12.2. The lowest BCUT2D eigenvalue weighted by atomic mass is 10.0. The lowest BCUT2D eigenvalue weighted by molar-refractivity contribution is 0.459. The van der Waals surface area contributed by atoms with Crippen LogP contribution < -0.4 is 10.1 Å². The maximum Gasteiger partial charge on any atom is 0.132 e. The van der Waals surface area contributed by atoms with Gasteiger partial charge in [-0.25, -0.2) is 4.39 Å². The SMILES string of the molecule is CNC(C)c1cc(F)c(C)cc1Oc1ccccc1C. The second-order valence-corrected chi connectivity index (χ2v) is 5.02. The van der Waals surface area contributed by atoms with Crippen LogP contribution in [0.5, 0.6) is 11.5 Å². The molecule has 0 aliphatic heterocycles. The first-order chi connectivity index (χ1) is 9.52. The van der Waals surface area contributed by atoms with Crippen molar-refractivity contribution in [2.75, 3.05) is 7.05 Å². The zero-order valence-electron chi connectivity index (χ0n) is 12.3. The summed E-state index contributed by atoms with van der Waals surface area (Å²) in [6.45, 7) is 5.72. The quantitative estimate of drug-likeness (QED) is 0.884. The summed E-state index contributed by atoms with van der Waals surface area (Å²) in [5.74, 6) is 1.28. The Morgan fingerprint density at radius 2 is 1.75 bits per heavy atom. The smallest absolute Gasteiger partial charge is 0.132 e. The van der Waals surface area contributed by atoms with Gasteiger partial charge in [-0.05, 0) is 57.1 Å². The Bertz CT molecular complexity index is 610. The van der Waals surface area contributed by atoms with E-state index in [-0.39, 0.29) is 11.9 Å². The minimum absolute atomic E-state index is 0.0177. The first-order valence-corrected chi connectivity index (χ1v) is 6.73. The highest BCUT2D eigenvalue weighted by molar-refractivity contribution is 5.44. The Balaban J connectivity index is 2.45. The minimum Gasteiger partial charge on any atom is -0.457 e. The summed E-state index contributed by atoms with van der Waals surface area (Å²) in [6, 6.07) is 11.1. The van der Waals surface area contributed by atoms with Gasteiger partial charge >= 0.3 is 0 Å². The first-order valence-electron chi connectivity index (χ1n) is 6.73. The van der Waals surface area contributed by atoms with Gasteiger partial charge in [-0.2, -0.15) is 0 Å². The van der Waals surface area contributed by atoms with Crippen LogP contribution in [-0.4, -0.2) is 7.05 Å². The van der Waals surface area contributed by atoms with E-state index in [1.165, 1.54) is 0 Å². The molecule has 0 amide bonds. The van der Waals surface area contributed by atoms with Crippen LogP contribution in [0.3, 0.4) is 0 Å². The van der Waals surface area contributed by atoms with Crippen LogP contribution in [-0.2, 0) is 0 Å². The summed E-state index contributed by atoms with van der Waals surface area (Å²) in [5.41, 5.74) is 2.46. The van der Waals surface area contributed by atoms with Crippen molar-refractivity contribution in [2.24, 2.45) is 0 Å². The summed E-state index contributed by atoms with van der Waals surface area (Å²) in [6.07, 6.45) is 0. The van der Waals surface area contributed by atoms with Crippen LogP contribution in [0, 0.1) is 19.7 Å². The third kappa shape index (κ3) is 2.99. The predicted molar refractivity (Wildman–Crippen MR) is 79.9 cm³/mol. The highest BCUT2D eigenvalue weighted by Gasteiger charge is 2.15. The number of rotatable bonds is 4. The molecule has 0 fully saturated rings. The third-order valence-corrected chi connectivity index (χ3v) is 3.50. The van der Waals surface area contributed by atoms with Gasteiger partial charge in [-0.1, -0.05) is 18.2 Å². The molecule has 1 atom stereocenters. The van der Waals surface area contributed by atoms with Crippen LogP contribution in [0.2, 0.25) is 0 Å². The topological polar surface area (TPSA) is 21.3 Å². The zero-order valence-corrected chi connectivity index (χ0v) is 12.3. The second-order valence-electron chi connectivity index (χ2n) is 5.02. The Morgan fingerprint density at radius 3 is 2.40 bits per heavy atom. The zero-order chi connectivity index (χ0) is 14.7. The molecule has 2 nitrogen and oxygen atoms in total. The van der Waals surface area contributed by atoms with E-state index < -0.39 is 0 Å². The Hall–Kier alpha value is -1.87. The van der Waals surface area contributed by atoms with E-state index in [2.05, 4.69) is 5.32 Å². The van der Waals surface area contributed by atoms with Crippen molar-refractivity contribution in [1.29, 1.82) is 0 Å². The fourth-order valence-corrected chi connectivity index (χ4v) is 2.04. The number of hydrogen-bond acceptors (Lipinski definition) is 2. The van der Waals surface area contributed by atoms with Gasteiger partial charge in [0.2, 0.25) is 0 Å². The monoisotopic (exact) mass is 273 g/mol. The molecule has 106 valence electrons. The third-order valence-electron chi connectivity index (χ3n) is 3.50. The fraction of sp³-hybridized carbons (Fsp3) is 0.294. The number of nitrogens with one attached hydrogen (secondary N) is 1. The van der Waals surface area contributed by atoms with Crippen LogP contribution in [0.1, 0.15) is 29.7 Å². The summed E-state index contributed by atoms with van der Waals surface area (Å²) in [4.78, 5) is 0. The molecule has 0 aromatic heterocycles. The van der Waals surface area contributed by atoms with E-state index in [1.807, 2.05) is 45.2 Å². The highest BCUT2D eigenvalue weighted by atomic mass is 19.1. The van der Waals surface area contributed by atoms with E-state index in [0.29, 0.717) is 11.3 Å². The summed E-state index contributed by atoms with van der Waals surface area (Å²) < 4.78 is 19.8. The summed E-state index contributed by atoms with van der Waals surface area (Å²) in [7, 11) is 1.85. The molecule has 2 rings (SSSR count). The van der Waals surface area contributed by atoms with Crippen molar-refractivity contribution in [1.82, 2.24) is 5.32 Å². The van der Waals surface area contributed by atoms with E-state index in [1.54, 1.807) is 19.1 Å². The van der Waals surface area contributed by atoms with E-state index in [0.717, 1.165) is 16.9 Å². The molecular formula is C17H20FNO. The largest absolute Gasteiger partial charge is 0.457 e. The molecule has 20 heavy (non-hydrogen) atoms. The Morgan fingerprint density at radius 1 is 1.05 bits per heavy atom. The van der Waals surface area contributed by atoms with Crippen molar-refractivity contribution < 1.29 is 9.13 Å². The van der Waals surface area contributed by atoms with E-state index >= 15 is 0 Å². The van der Waals surface area contributed by atoms with Gasteiger partial charge in [-0.3, -0.25) is 0 Å². The molecule has 0 spiro atoms. The molecule has 0 radical (unpaired) electrons. The van der Waals surface area contributed by atoms with Gasteiger partial charge < -0.3 is 10.1 Å². The van der Waals surface area contributed by atoms with Gasteiger partial charge in [0.15, 0.2) is 0 Å². The highest BCUT2D eigenvalue weighted by Crippen LogP contribution is 2.33. The van der Waals surface area contributed by atoms with Crippen molar-refractivity contribution in [2.45, 2.75) is 26.8 Å². The molecule has 0 bridgehead atoms. The van der Waals surface area contributed by atoms with Crippen LogP contribution in [0.4, 0.5) is 4.39 Å². The van der Waals surface area contributed by atoms with E-state index in [4.69, 9.17) is 4.74 Å². The number of halogens is 1. The number of benzene rings is 2.